The summed E-state index contributed by atoms with van der Waals surface area (Å²) < 4.78 is 11.9. The monoisotopic (exact) mass is 337 g/mol. The fourth-order valence-electron chi connectivity index (χ4n) is 4.25. The van der Waals surface area contributed by atoms with E-state index in [-0.39, 0.29) is 0 Å². The summed E-state index contributed by atoms with van der Waals surface area (Å²) in [5, 5.41) is 6.96. The van der Waals surface area contributed by atoms with Gasteiger partial charge in [-0.1, -0.05) is 25.7 Å². The Labute approximate surface area is 147 Å². The molecular weight excluding hydrogens is 302 g/mol. The van der Waals surface area contributed by atoms with Gasteiger partial charge >= 0.3 is 0 Å². The molecule has 2 saturated heterocycles. The number of hydrogen-bond donors (Lipinski definition) is 2. The van der Waals surface area contributed by atoms with Crippen LogP contribution in [0.4, 0.5) is 0 Å². The summed E-state index contributed by atoms with van der Waals surface area (Å²) in [6.07, 6.45) is 15.2. The minimum atomic E-state index is 0.390. The molecule has 0 spiro atoms. The SMILES string of the molecule is CN=C(NCCCCOC1CCCCCC1)NC1CC2CCC1O2. The summed E-state index contributed by atoms with van der Waals surface area (Å²) in [4.78, 5) is 4.34. The first-order valence-electron chi connectivity index (χ1n) is 10.1. The van der Waals surface area contributed by atoms with Gasteiger partial charge in [0.15, 0.2) is 5.96 Å². The van der Waals surface area contributed by atoms with E-state index >= 15 is 0 Å². The molecular formula is C19H35N3O2. The van der Waals surface area contributed by atoms with E-state index in [0.29, 0.717) is 24.4 Å². The highest BCUT2D eigenvalue weighted by molar-refractivity contribution is 5.80. The predicted octanol–water partition coefficient (Wildman–Crippen LogP) is 2.99. The van der Waals surface area contributed by atoms with Gasteiger partial charge in [0.1, 0.15) is 0 Å². The summed E-state index contributed by atoms with van der Waals surface area (Å²) in [6, 6.07) is 0.438. The van der Waals surface area contributed by atoms with Gasteiger partial charge in [-0.05, 0) is 44.9 Å². The number of nitrogens with one attached hydrogen (secondary N) is 2. The molecule has 0 aromatic carbocycles. The van der Waals surface area contributed by atoms with Crippen LogP contribution in [0.5, 0.6) is 0 Å². The van der Waals surface area contributed by atoms with Crippen LogP contribution in [0.1, 0.15) is 70.6 Å². The van der Waals surface area contributed by atoms with Gasteiger partial charge in [0.25, 0.3) is 0 Å². The van der Waals surface area contributed by atoms with Crippen LogP contribution in [-0.4, -0.2) is 50.5 Å². The summed E-state index contributed by atoms with van der Waals surface area (Å²) in [7, 11) is 1.85. The van der Waals surface area contributed by atoms with Crippen LogP contribution < -0.4 is 10.6 Å². The van der Waals surface area contributed by atoms with Crippen LogP contribution in [-0.2, 0) is 9.47 Å². The smallest absolute Gasteiger partial charge is 0.191 e. The van der Waals surface area contributed by atoms with Crippen LogP contribution in [0.2, 0.25) is 0 Å². The van der Waals surface area contributed by atoms with Gasteiger partial charge in [0.2, 0.25) is 0 Å². The Morgan fingerprint density at radius 2 is 1.92 bits per heavy atom. The first kappa shape index (κ1) is 18.0. The molecule has 1 aliphatic carbocycles. The quantitative estimate of drug-likeness (QED) is 0.324. The molecule has 24 heavy (non-hydrogen) atoms. The second-order valence-corrected chi connectivity index (χ2v) is 7.55. The molecule has 2 aliphatic heterocycles. The number of guanidine groups is 1. The molecule has 0 aromatic heterocycles. The van der Waals surface area contributed by atoms with Gasteiger partial charge in [-0.15, -0.1) is 0 Å². The second kappa shape index (κ2) is 9.62. The minimum Gasteiger partial charge on any atom is -0.378 e. The highest BCUT2D eigenvalue weighted by atomic mass is 16.5. The third kappa shape index (κ3) is 5.35. The van der Waals surface area contributed by atoms with Crippen molar-refractivity contribution in [3.8, 4) is 0 Å². The first-order valence-corrected chi connectivity index (χ1v) is 10.1. The average Bonchev–Trinajstić information content (AvgIpc) is 3.12. The largest absolute Gasteiger partial charge is 0.378 e. The van der Waals surface area contributed by atoms with E-state index in [1.165, 1.54) is 51.4 Å². The van der Waals surface area contributed by atoms with Crippen molar-refractivity contribution in [3.05, 3.63) is 0 Å². The normalized spacial score (nSPS) is 31.2. The number of unbranched alkanes of at least 4 members (excludes halogenated alkanes) is 1. The highest BCUT2D eigenvalue weighted by Crippen LogP contribution is 2.34. The average molecular weight is 338 g/mol. The molecule has 0 aromatic rings. The molecule has 3 unspecified atom stereocenters. The summed E-state index contributed by atoms with van der Waals surface area (Å²) in [6.45, 7) is 1.86. The number of nitrogens with zero attached hydrogens (tertiary/aromatic N) is 1. The molecule has 3 aliphatic rings. The van der Waals surface area contributed by atoms with Crippen molar-refractivity contribution in [2.75, 3.05) is 20.2 Å². The molecule has 138 valence electrons. The molecule has 5 nitrogen and oxygen atoms in total. The minimum absolute atomic E-state index is 0.390. The summed E-state index contributed by atoms with van der Waals surface area (Å²) in [5.74, 6) is 0.917. The molecule has 3 atom stereocenters. The van der Waals surface area contributed by atoms with Crippen LogP contribution >= 0.6 is 0 Å². The second-order valence-electron chi connectivity index (χ2n) is 7.55. The molecule has 1 saturated carbocycles. The number of hydrogen-bond acceptors (Lipinski definition) is 3. The third-order valence-electron chi connectivity index (χ3n) is 5.67. The Balaban J connectivity index is 1.23. The van der Waals surface area contributed by atoms with Crippen molar-refractivity contribution in [2.45, 2.75) is 95.0 Å². The maximum absolute atomic E-state index is 6.05. The van der Waals surface area contributed by atoms with E-state index < -0.39 is 0 Å². The van der Waals surface area contributed by atoms with Crippen molar-refractivity contribution in [1.29, 1.82) is 0 Å². The summed E-state index contributed by atoms with van der Waals surface area (Å²) in [5.41, 5.74) is 0. The third-order valence-corrected chi connectivity index (χ3v) is 5.67. The topological polar surface area (TPSA) is 54.9 Å². The fourth-order valence-corrected chi connectivity index (χ4v) is 4.25. The molecule has 2 N–H and O–H groups in total. The lowest BCUT2D eigenvalue weighted by Gasteiger charge is -2.22. The van der Waals surface area contributed by atoms with Crippen LogP contribution in [0.15, 0.2) is 4.99 Å². The van der Waals surface area contributed by atoms with E-state index in [2.05, 4.69) is 15.6 Å². The zero-order chi connectivity index (χ0) is 16.6. The first-order chi connectivity index (χ1) is 11.8. The molecule has 5 heteroatoms. The van der Waals surface area contributed by atoms with Crippen LogP contribution in [0, 0.1) is 0 Å². The Kier molecular flexibility index (Phi) is 7.21. The lowest BCUT2D eigenvalue weighted by Crippen LogP contribution is -2.47. The van der Waals surface area contributed by atoms with Gasteiger partial charge in [0, 0.05) is 20.2 Å². The molecule has 3 fully saturated rings. The summed E-state index contributed by atoms with van der Waals surface area (Å²) >= 11 is 0. The van der Waals surface area contributed by atoms with E-state index in [9.17, 15) is 0 Å². The molecule has 2 heterocycles. The van der Waals surface area contributed by atoms with Crippen molar-refractivity contribution in [3.63, 3.8) is 0 Å². The van der Waals surface area contributed by atoms with Crippen molar-refractivity contribution in [1.82, 2.24) is 10.6 Å². The van der Waals surface area contributed by atoms with E-state index in [1.54, 1.807) is 0 Å². The number of fused-ring (bicyclic) bond motifs is 2. The van der Waals surface area contributed by atoms with Gasteiger partial charge in [-0.3, -0.25) is 4.99 Å². The maximum atomic E-state index is 6.05. The standard InChI is InChI=1S/C19H35N3O2/c1-20-19(22-17-14-16-10-11-18(17)24-16)21-12-6-7-13-23-15-8-4-2-3-5-9-15/h15-18H,2-14H2,1H3,(H2,20,21,22). The van der Waals surface area contributed by atoms with E-state index in [4.69, 9.17) is 9.47 Å². The molecule has 3 rings (SSSR count). The number of ether oxygens (including phenoxy) is 2. The van der Waals surface area contributed by atoms with Crippen LogP contribution in [0.3, 0.4) is 0 Å². The van der Waals surface area contributed by atoms with Gasteiger partial charge < -0.3 is 20.1 Å². The van der Waals surface area contributed by atoms with Crippen molar-refractivity contribution < 1.29 is 9.47 Å². The lowest BCUT2D eigenvalue weighted by atomic mass is 9.96. The zero-order valence-corrected chi connectivity index (χ0v) is 15.3. The van der Waals surface area contributed by atoms with Gasteiger partial charge in [-0.25, -0.2) is 0 Å². The van der Waals surface area contributed by atoms with Crippen LogP contribution in [0.25, 0.3) is 0 Å². The van der Waals surface area contributed by atoms with Gasteiger partial charge in [-0.2, -0.15) is 0 Å². The Bertz CT molecular complexity index is 394. The van der Waals surface area contributed by atoms with Crippen molar-refractivity contribution >= 4 is 5.96 Å². The Hall–Kier alpha value is -0.810. The number of rotatable bonds is 7. The van der Waals surface area contributed by atoms with Gasteiger partial charge in [0.05, 0.1) is 24.4 Å². The molecule has 0 amide bonds. The van der Waals surface area contributed by atoms with Crippen molar-refractivity contribution in [2.24, 2.45) is 4.99 Å². The Morgan fingerprint density at radius 3 is 2.58 bits per heavy atom. The van der Waals surface area contributed by atoms with E-state index in [1.807, 2.05) is 7.05 Å². The van der Waals surface area contributed by atoms with E-state index in [0.717, 1.165) is 38.4 Å². The number of aliphatic imine (C=N–C) groups is 1. The fraction of sp³-hybridized carbons (Fsp3) is 0.947. The lowest BCUT2D eigenvalue weighted by molar-refractivity contribution is 0.0411. The maximum Gasteiger partial charge on any atom is 0.191 e. The molecule has 2 bridgehead atoms. The Morgan fingerprint density at radius 1 is 1.08 bits per heavy atom. The predicted molar refractivity (Wildman–Crippen MR) is 97.5 cm³/mol. The zero-order valence-electron chi connectivity index (χ0n) is 15.3. The highest BCUT2D eigenvalue weighted by Gasteiger charge is 2.41. The molecule has 0 radical (unpaired) electrons.